The SMILES string of the molecule is CCS(=O)(=O)N1CCN(c2cnc(C)c(-c3nnc(-c4ccc(CNC)cc4)o3)n2)CC1.[HH]. The third-order valence-electron chi connectivity index (χ3n) is 5.47. The molecule has 4 rings (SSSR count). The highest BCUT2D eigenvalue weighted by Crippen LogP contribution is 2.26. The molecular formula is C21H29N7O3S. The van der Waals surface area contributed by atoms with Gasteiger partial charge in [-0.1, -0.05) is 12.1 Å². The topological polar surface area (TPSA) is 117 Å². The van der Waals surface area contributed by atoms with Crippen LogP contribution in [0.4, 0.5) is 5.82 Å². The Morgan fingerprint density at radius 2 is 1.78 bits per heavy atom. The minimum atomic E-state index is -3.18. The molecule has 3 aromatic rings. The lowest BCUT2D eigenvalue weighted by molar-refractivity contribution is 0.384. The number of aromatic nitrogens is 4. The van der Waals surface area contributed by atoms with Gasteiger partial charge in [-0.15, -0.1) is 10.2 Å². The minimum Gasteiger partial charge on any atom is -0.415 e. The zero-order valence-electron chi connectivity index (χ0n) is 18.4. The maximum atomic E-state index is 12.1. The third-order valence-corrected chi connectivity index (χ3v) is 7.35. The van der Waals surface area contributed by atoms with Crippen molar-refractivity contribution < 1.29 is 14.3 Å². The van der Waals surface area contributed by atoms with Crippen molar-refractivity contribution in [1.29, 1.82) is 0 Å². The Morgan fingerprint density at radius 3 is 2.44 bits per heavy atom. The number of nitrogens with one attached hydrogen (secondary N) is 1. The molecule has 32 heavy (non-hydrogen) atoms. The monoisotopic (exact) mass is 459 g/mol. The summed E-state index contributed by atoms with van der Waals surface area (Å²) in [6.45, 7) is 6.23. The van der Waals surface area contributed by atoms with E-state index in [0.717, 1.165) is 17.7 Å². The standard InChI is InChI=1S/C21H27N7O3S.H2/c1-4-32(29,30)28-11-9-27(10-12-28)18-14-23-15(2)19(24-18)21-26-25-20(31-21)17-7-5-16(6-8-17)13-22-3;/h5-8,14,22H,4,9-13H2,1-3H3;1H. The molecule has 0 spiro atoms. The van der Waals surface area contributed by atoms with Gasteiger partial charge in [0.25, 0.3) is 5.89 Å². The van der Waals surface area contributed by atoms with E-state index in [9.17, 15) is 8.42 Å². The van der Waals surface area contributed by atoms with Crippen LogP contribution in [0.2, 0.25) is 0 Å². The summed E-state index contributed by atoms with van der Waals surface area (Å²) in [6, 6.07) is 7.92. The number of benzene rings is 1. The lowest BCUT2D eigenvalue weighted by Gasteiger charge is -2.34. The van der Waals surface area contributed by atoms with Crippen LogP contribution in [-0.4, -0.2) is 71.9 Å². The van der Waals surface area contributed by atoms with Crippen molar-refractivity contribution in [3.63, 3.8) is 0 Å². The third kappa shape index (κ3) is 4.64. The molecule has 0 radical (unpaired) electrons. The Hall–Kier alpha value is -2.89. The number of rotatable bonds is 7. The van der Waals surface area contributed by atoms with Crippen LogP contribution in [0.5, 0.6) is 0 Å². The van der Waals surface area contributed by atoms with Crippen LogP contribution in [0.1, 0.15) is 19.6 Å². The second kappa shape index (κ2) is 9.31. The highest BCUT2D eigenvalue weighted by atomic mass is 32.2. The summed E-state index contributed by atoms with van der Waals surface area (Å²) in [5.74, 6) is 1.49. The number of hydrogen-bond donors (Lipinski definition) is 1. The number of sulfonamides is 1. The van der Waals surface area contributed by atoms with Crippen molar-refractivity contribution in [2.75, 3.05) is 43.9 Å². The average molecular weight is 460 g/mol. The maximum Gasteiger partial charge on any atom is 0.268 e. The Kier molecular flexibility index (Phi) is 6.49. The zero-order valence-corrected chi connectivity index (χ0v) is 19.3. The molecule has 0 amide bonds. The molecule has 10 nitrogen and oxygen atoms in total. The first-order valence-corrected chi connectivity index (χ1v) is 12.2. The number of anilines is 1. The predicted molar refractivity (Wildman–Crippen MR) is 124 cm³/mol. The predicted octanol–water partition coefficient (Wildman–Crippen LogP) is 1.94. The van der Waals surface area contributed by atoms with Gasteiger partial charge in [0, 0.05) is 39.7 Å². The van der Waals surface area contributed by atoms with Crippen LogP contribution < -0.4 is 10.2 Å². The van der Waals surface area contributed by atoms with Gasteiger partial charge < -0.3 is 14.6 Å². The maximum absolute atomic E-state index is 12.1. The zero-order chi connectivity index (χ0) is 22.7. The van der Waals surface area contributed by atoms with Crippen LogP contribution in [0.3, 0.4) is 0 Å². The molecule has 11 heteroatoms. The van der Waals surface area contributed by atoms with E-state index in [1.54, 1.807) is 13.1 Å². The number of nitrogens with zero attached hydrogens (tertiary/aromatic N) is 6. The van der Waals surface area contributed by atoms with E-state index in [-0.39, 0.29) is 7.18 Å². The lowest BCUT2D eigenvalue weighted by atomic mass is 10.1. The molecule has 0 saturated carbocycles. The molecule has 1 aliphatic heterocycles. The van der Waals surface area contributed by atoms with Gasteiger partial charge >= 0.3 is 0 Å². The van der Waals surface area contributed by atoms with Crippen LogP contribution >= 0.6 is 0 Å². The van der Waals surface area contributed by atoms with Crippen molar-refractivity contribution in [1.82, 2.24) is 29.8 Å². The van der Waals surface area contributed by atoms with Crippen molar-refractivity contribution in [2.45, 2.75) is 20.4 Å². The molecule has 1 N–H and O–H groups in total. The molecule has 2 aromatic heterocycles. The van der Waals surface area contributed by atoms with Crippen molar-refractivity contribution in [3.8, 4) is 23.0 Å². The van der Waals surface area contributed by atoms with Crippen molar-refractivity contribution >= 4 is 15.8 Å². The second-order valence-corrected chi connectivity index (χ2v) is 9.85. The first kappa shape index (κ1) is 22.3. The first-order chi connectivity index (χ1) is 15.4. The fraction of sp³-hybridized carbons (Fsp3) is 0.429. The molecule has 0 bridgehead atoms. The van der Waals surface area contributed by atoms with E-state index >= 15 is 0 Å². The van der Waals surface area contributed by atoms with E-state index in [2.05, 4.69) is 20.5 Å². The Morgan fingerprint density at radius 1 is 1.09 bits per heavy atom. The normalized spacial score (nSPS) is 15.3. The first-order valence-electron chi connectivity index (χ1n) is 10.6. The molecule has 172 valence electrons. The average Bonchev–Trinajstić information content (AvgIpc) is 3.30. The molecular weight excluding hydrogens is 430 g/mol. The van der Waals surface area contributed by atoms with E-state index < -0.39 is 10.0 Å². The summed E-state index contributed by atoms with van der Waals surface area (Å²) in [7, 11) is -1.28. The highest BCUT2D eigenvalue weighted by Gasteiger charge is 2.27. The Labute approximate surface area is 189 Å². The van der Waals surface area contributed by atoms with Crippen LogP contribution in [0.15, 0.2) is 34.9 Å². The largest absolute Gasteiger partial charge is 0.415 e. The fourth-order valence-electron chi connectivity index (χ4n) is 3.58. The summed E-state index contributed by atoms with van der Waals surface area (Å²) in [5.41, 5.74) is 3.20. The van der Waals surface area contributed by atoms with Crippen LogP contribution in [0.25, 0.3) is 23.0 Å². The molecule has 1 aliphatic rings. The van der Waals surface area contributed by atoms with Crippen molar-refractivity contribution in [3.05, 3.63) is 41.7 Å². The van der Waals surface area contributed by atoms with Gasteiger partial charge in [-0.3, -0.25) is 4.98 Å². The smallest absolute Gasteiger partial charge is 0.268 e. The van der Waals surface area contributed by atoms with Crippen LogP contribution in [-0.2, 0) is 16.6 Å². The summed E-state index contributed by atoms with van der Waals surface area (Å²) in [5, 5.41) is 11.5. The van der Waals surface area contributed by atoms with Gasteiger partial charge in [0.1, 0.15) is 5.82 Å². The lowest BCUT2D eigenvalue weighted by Crippen LogP contribution is -2.49. The van der Waals surface area contributed by atoms with E-state index in [1.807, 2.05) is 43.1 Å². The van der Waals surface area contributed by atoms with E-state index in [0.29, 0.717) is 55.2 Å². The van der Waals surface area contributed by atoms with Crippen LogP contribution in [0, 0.1) is 6.92 Å². The molecule has 1 fully saturated rings. The molecule has 1 saturated heterocycles. The quantitative estimate of drug-likeness (QED) is 0.565. The van der Waals surface area contributed by atoms with Gasteiger partial charge in [0.2, 0.25) is 15.9 Å². The molecule has 0 atom stereocenters. The van der Waals surface area contributed by atoms with Gasteiger partial charge in [-0.25, -0.2) is 13.4 Å². The Balaban J connectivity index is 0.00000306. The molecule has 3 heterocycles. The highest BCUT2D eigenvalue weighted by molar-refractivity contribution is 7.89. The van der Waals surface area contributed by atoms with Gasteiger partial charge in [0.15, 0.2) is 5.69 Å². The van der Waals surface area contributed by atoms with Gasteiger partial charge in [0.05, 0.1) is 17.6 Å². The second-order valence-electron chi connectivity index (χ2n) is 7.59. The summed E-state index contributed by atoms with van der Waals surface area (Å²) in [4.78, 5) is 11.2. The molecule has 0 unspecified atom stereocenters. The number of piperazine rings is 1. The van der Waals surface area contributed by atoms with E-state index in [1.165, 1.54) is 4.31 Å². The number of aryl methyl sites for hydroxylation is 1. The van der Waals surface area contributed by atoms with Gasteiger partial charge in [-0.05, 0) is 38.6 Å². The summed E-state index contributed by atoms with van der Waals surface area (Å²) >= 11 is 0. The summed E-state index contributed by atoms with van der Waals surface area (Å²) in [6.07, 6.45) is 1.70. The summed E-state index contributed by atoms with van der Waals surface area (Å²) < 4.78 is 31.6. The van der Waals surface area contributed by atoms with Gasteiger partial charge in [-0.2, -0.15) is 4.31 Å². The minimum absolute atomic E-state index is 0. The fourth-order valence-corrected chi connectivity index (χ4v) is 4.66. The molecule has 1 aromatic carbocycles. The molecule has 0 aliphatic carbocycles. The van der Waals surface area contributed by atoms with E-state index in [4.69, 9.17) is 9.40 Å². The Bertz CT molecular complexity index is 1180. The van der Waals surface area contributed by atoms with Crippen molar-refractivity contribution in [2.24, 2.45) is 0 Å². The number of hydrogen-bond acceptors (Lipinski definition) is 9.